The summed E-state index contributed by atoms with van der Waals surface area (Å²) in [6.45, 7) is 0.244. The Labute approximate surface area is 366 Å². The van der Waals surface area contributed by atoms with Gasteiger partial charge < -0.3 is 30.3 Å². The van der Waals surface area contributed by atoms with E-state index < -0.39 is 24.3 Å². The lowest BCUT2D eigenvalue weighted by Gasteiger charge is -2.22. The molecule has 2 atom stereocenters. The number of hydrogen-bond donors (Lipinski definition) is 4. The molecule has 8 aromatic rings. The number of carbonyl (C=O) groups is 2. The lowest BCUT2D eigenvalue weighted by molar-refractivity contribution is 0.136. The van der Waals surface area contributed by atoms with Crippen LogP contribution < -0.4 is 10.6 Å². The predicted octanol–water partition coefficient (Wildman–Crippen LogP) is 11.9. The number of nitrogens with zero attached hydrogens (tertiary/aromatic N) is 2. The molecule has 306 valence electrons. The fraction of sp³-hybridized carbons (Fsp3) is 0.0833. The van der Waals surface area contributed by atoms with Crippen molar-refractivity contribution in [2.45, 2.75) is 25.3 Å². The average Bonchev–Trinajstić information content (AvgIpc) is 3.30. The van der Waals surface area contributed by atoms with E-state index in [0.29, 0.717) is 53.6 Å². The maximum absolute atomic E-state index is 12.6. The van der Waals surface area contributed by atoms with E-state index in [1.165, 1.54) is 0 Å². The highest BCUT2D eigenvalue weighted by Crippen LogP contribution is 2.41. The fourth-order valence-electron chi connectivity index (χ4n) is 6.64. The third kappa shape index (κ3) is 10.3. The second-order valence-corrected chi connectivity index (χ2v) is 14.8. The molecule has 6 aromatic carbocycles. The third-order valence-electron chi connectivity index (χ3n) is 9.61. The van der Waals surface area contributed by atoms with Gasteiger partial charge in [0.2, 0.25) is 0 Å². The Bertz CT molecular complexity index is 2780. The molecular weight excluding hydrogens is 835 g/mol. The number of fused-ring (bicyclic) bond motifs is 2. The molecule has 4 N–H and O–H groups in total. The normalized spacial score (nSPS) is 11.8. The summed E-state index contributed by atoms with van der Waals surface area (Å²) in [4.78, 5) is 33.7. The van der Waals surface area contributed by atoms with Crippen molar-refractivity contribution in [1.29, 1.82) is 0 Å². The second kappa shape index (κ2) is 19.9. The van der Waals surface area contributed by atoms with Crippen LogP contribution in [-0.2, 0) is 22.7 Å². The minimum Gasteiger partial charge on any atom is -0.505 e. The molecule has 2 aromatic heterocycles. The Morgan fingerprint density at radius 2 is 0.934 bits per heavy atom. The Morgan fingerprint density at radius 3 is 1.43 bits per heavy atom. The van der Waals surface area contributed by atoms with Crippen LogP contribution in [0.4, 0.5) is 9.59 Å². The third-order valence-corrected chi connectivity index (χ3v) is 10.6. The van der Waals surface area contributed by atoms with Crippen LogP contribution in [-0.4, -0.2) is 32.4 Å². The molecule has 0 bridgehead atoms. The van der Waals surface area contributed by atoms with E-state index >= 15 is 0 Å². The van der Waals surface area contributed by atoms with E-state index in [2.05, 4.69) is 20.6 Å². The van der Waals surface area contributed by atoms with Crippen molar-refractivity contribution in [2.75, 3.05) is 0 Å². The number of amides is 2. The number of phenols is 2. The van der Waals surface area contributed by atoms with Crippen LogP contribution >= 0.6 is 34.8 Å². The Balaban J connectivity index is 0.000000184. The van der Waals surface area contributed by atoms with E-state index in [0.717, 1.165) is 16.7 Å². The molecule has 0 spiro atoms. The summed E-state index contributed by atoms with van der Waals surface area (Å²) in [5, 5.41) is 30.0. The Morgan fingerprint density at radius 1 is 0.508 bits per heavy atom. The molecule has 2 unspecified atom stereocenters. The molecule has 0 aliphatic heterocycles. The second-order valence-electron chi connectivity index (χ2n) is 13.6. The number of hydrogen-bond acceptors (Lipinski definition) is 8. The van der Waals surface area contributed by atoms with Crippen molar-refractivity contribution in [2.24, 2.45) is 0 Å². The summed E-state index contributed by atoms with van der Waals surface area (Å²) >= 11 is 19.3. The summed E-state index contributed by atoms with van der Waals surface area (Å²) in [5.41, 5.74) is 4.60. The summed E-state index contributed by atoms with van der Waals surface area (Å²) in [7, 11) is 0. The van der Waals surface area contributed by atoms with E-state index in [1.807, 2.05) is 91.0 Å². The fourth-order valence-corrected chi connectivity index (χ4v) is 7.42. The van der Waals surface area contributed by atoms with Gasteiger partial charge in [0.05, 0.1) is 22.1 Å². The minimum atomic E-state index is -0.805. The molecule has 0 aliphatic rings. The highest BCUT2D eigenvalue weighted by atomic mass is 35.5. The van der Waals surface area contributed by atoms with E-state index in [-0.39, 0.29) is 24.7 Å². The molecular formula is C48H37Cl3N4O6. The molecule has 0 saturated heterocycles. The first-order chi connectivity index (χ1) is 29.7. The van der Waals surface area contributed by atoms with Crippen LogP contribution in [0.15, 0.2) is 164 Å². The van der Waals surface area contributed by atoms with Gasteiger partial charge in [0, 0.05) is 39.3 Å². The molecule has 61 heavy (non-hydrogen) atoms. The summed E-state index contributed by atoms with van der Waals surface area (Å²) in [6.07, 6.45) is 1.88. The molecule has 0 radical (unpaired) electrons. The number of aromatic hydroxyl groups is 2. The number of nitrogens with one attached hydrogen (secondary N) is 2. The summed E-state index contributed by atoms with van der Waals surface area (Å²) in [6, 6.07) is 43.9. The number of phenolic OH excluding ortho intramolecular Hbond substituents is 2. The van der Waals surface area contributed by atoms with Gasteiger partial charge in [0.15, 0.2) is 0 Å². The SMILES string of the molecule is O=C(NC(c1ccccc1)c1cc(Cl)c2cccnc2c1O)OCc1ccccc1.O=C(NC(c1ccccc1Cl)c1cc(Cl)c2cccnc2c1O)OCc1ccccc1. The number of ether oxygens (including phenoxy) is 2. The van der Waals surface area contributed by atoms with Gasteiger partial charge in [-0.1, -0.05) is 144 Å². The van der Waals surface area contributed by atoms with Crippen LogP contribution in [0.1, 0.15) is 45.5 Å². The number of benzene rings is 6. The molecule has 0 aliphatic carbocycles. The van der Waals surface area contributed by atoms with Gasteiger partial charge in [-0.2, -0.15) is 0 Å². The van der Waals surface area contributed by atoms with Crippen molar-refractivity contribution in [3.8, 4) is 11.5 Å². The largest absolute Gasteiger partial charge is 0.505 e. The molecule has 13 heteroatoms. The Hall–Kier alpha value is -6.85. The van der Waals surface area contributed by atoms with Crippen LogP contribution in [0.5, 0.6) is 11.5 Å². The highest BCUT2D eigenvalue weighted by Gasteiger charge is 2.26. The number of pyridine rings is 2. The standard InChI is InChI=1S/C24H18Cl2N2O3.C24H19ClN2O3/c25-19-11-5-4-9-16(19)21(28-24(30)31-14-15-7-2-1-3-8-15)18-13-20(26)17-10-6-12-27-22(17)23(18)29;25-20-14-19(23(28)22-18(20)12-7-13-26-22)21(17-10-5-2-6-11-17)27-24(29)30-15-16-8-3-1-4-9-16/h1-13,21,29H,14H2,(H,28,30);1-14,21,28H,15H2,(H,27,29). The lowest BCUT2D eigenvalue weighted by atomic mass is 9.96. The number of aromatic nitrogens is 2. The maximum atomic E-state index is 12.6. The zero-order chi connectivity index (χ0) is 42.7. The smallest absolute Gasteiger partial charge is 0.408 e. The maximum Gasteiger partial charge on any atom is 0.408 e. The van der Waals surface area contributed by atoms with Crippen molar-refractivity contribution in [3.63, 3.8) is 0 Å². The van der Waals surface area contributed by atoms with Crippen molar-refractivity contribution >= 4 is 68.8 Å². The molecule has 8 rings (SSSR count). The van der Waals surface area contributed by atoms with Gasteiger partial charge in [-0.3, -0.25) is 9.97 Å². The first-order valence-corrected chi connectivity index (χ1v) is 20.1. The quantitative estimate of drug-likeness (QED) is 0.106. The van der Waals surface area contributed by atoms with Gasteiger partial charge in [0.25, 0.3) is 0 Å². The van der Waals surface area contributed by atoms with Crippen LogP contribution in [0, 0.1) is 0 Å². The van der Waals surface area contributed by atoms with E-state index in [9.17, 15) is 19.8 Å². The average molecular weight is 872 g/mol. The Kier molecular flexibility index (Phi) is 13.8. The number of halogens is 3. The molecule has 2 amide bonds. The monoisotopic (exact) mass is 870 g/mol. The molecule has 0 saturated carbocycles. The lowest BCUT2D eigenvalue weighted by Crippen LogP contribution is -2.30. The van der Waals surface area contributed by atoms with E-state index in [4.69, 9.17) is 44.3 Å². The minimum absolute atomic E-state index is 0.0350. The van der Waals surface area contributed by atoms with Gasteiger partial charge >= 0.3 is 12.2 Å². The van der Waals surface area contributed by atoms with E-state index in [1.54, 1.807) is 73.1 Å². The van der Waals surface area contributed by atoms with Gasteiger partial charge in [0.1, 0.15) is 35.7 Å². The molecule has 10 nitrogen and oxygen atoms in total. The first kappa shape index (κ1) is 42.3. The number of rotatable bonds is 10. The topological polar surface area (TPSA) is 143 Å². The highest BCUT2D eigenvalue weighted by molar-refractivity contribution is 6.36. The zero-order valence-corrected chi connectivity index (χ0v) is 34.5. The van der Waals surface area contributed by atoms with Crippen molar-refractivity contribution < 1.29 is 29.3 Å². The van der Waals surface area contributed by atoms with Gasteiger partial charge in [-0.25, -0.2) is 9.59 Å². The summed E-state index contributed by atoms with van der Waals surface area (Å²) in [5.74, 6) is -0.125. The summed E-state index contributed by atoms with van der Waals surface area (Å²) < 4.78 is 10.8. The molecule has 0 fully saturated rings. The molecule has 2 heterocycles. The number of carbonyl (C=O) groups excluding carboxylic acids is 2. The van der Waals surface area contributed by atoms with Crippen LogP contribution in [0.25, 0.3) is 21.8 Å². The van der Waals surface area contributed by atoms with Gasteiger partial charge in [-0.05, 0) is 64.7 Å². The predicted molar refractivity (Wildman–Crippen MR) is 238 cm³/mol. The van der Waals surface area contributed by atoms with Crippen LogP contribution in [0.2, 0.25) is 15.1 Å². The van der Waals surface area contributed by atoms with Gasteiger partial charge in [-0.15, -0.1) is 0 Å². The first-order valence-electron chi connectivity index (χ1n) is 18.9. The number of alkyl carbamates (subject to hydrolysis) is 2. The van der Waals surface area contributed by atoms with Crippen LogP contribution in [0.3, 0.4) is 0 Å². The van der Waals surface area contributed by atoms with Crippen molar-refractivity contribution in [1.82, 2.24) is 20.6 Å². The van der Waals surface area contributed by atoms with Crippen molar-refractivity contribution in [3.05, 3.63) is 213 Å². The zero-order valence-electron chi connectivity index (χ0n) is 32.2.